The van der Waals surface area contributed by atoms with Crippen LogP contribution in [0.2, 0.25) is 0 Å². The predicted octanol–water partition coefficient (Wildman–Crippen LogP) is 1.42. The van der Waals surface area contributed by atoms with E-state index >= 15 is 0 Å². The number of ether oxygens (including phenoxy) is 2. The topological polar surface area (TPSA) is 52.6 Å². The average Bonchev–Trinajstić information content (AvgIpc) is 2.29. The maximum absolute atomic E-state index is 10.9. The summed E-state index contributed by atoms with van der Waals surface area (Å²) in [5, 5.41) is 0. The molecule has 0 heterocycles. The van der Waals surface area contributed by atoms with Gasteiger partial charge in [0, 0.05) is 13.8 Å². The molecule has 0 saturated heterocycles. The summed E-state index contributed by atoms with van der Waals surface area (Å²) < 4.78 is 10.3. The van der Waals surface area contributed by atoms with Crippen molar-refractivity contribution in [1.82, 2.24) is 0 Å². The molecule has 0 bridgehead atoms. The normalized spacial score (nSPS) is 31.2. The Bertz CT molecular complexity index is 249. The fourth-order valence-electron chi connectivity index (χ4n) is 1.93. The van der Waals surface area contributed by atoms with Crippen LogP contribution in [0.4, 0.5) is 0 Å². The van der Waals surface area contributed by atoms with Gasteiger partial charge in [-0.1, -0.05) is 0 Å². The molecule has 1 rings (SSSR count). The molecule has 4 heteroatoms. The van der Waals surface area contributed by atoms with Crippen molar-refractivity contribution in [3.8, 4) is 0 Å². The number of carbonyl (C=O) groups is 2. The van der Waals surface area contributed by atoms with Gasteiger partial charge in [0.2, 0.25) is 0 Å². The van der Waals surface area contributed by atoms with Gasteiger partial charge in [-0.2, -0.15) is 0 Å². The maximum Gasteiger partial charge on any atom is 0.303 e. The molecule has 0 N–H and O–H groups in total. The molecule has 0 aromatic heterocycles. The lowest BCUT2D eigenvalue weighted by Gasteiger charge is -2.30. The fourth-order valence-corrected chi connectivity index (χ4v) is 1.93. The first kappa shape index (κ1) is 11.0. The second-order valence-corrected chi connectivity index (χ2v) is 3.90. The number of carbonyl (C=O) groups excluding carboxylic acids is 2. The first-order valence-corrected chi connectivity index (χ1v) is 4.81. The van der Waals surface area contributed by atoms with Crippen molar-refractivity contribution in [2.75, 3.05) is 0 Å². The number of hydrogen-bond acceptors (Lipinski definition) is 4. The molecule has 80 valence electrons. The standard InChI is InChI=1S/C10H16O4/c1-7(11)13-9-5-4-6-10(9,3)14-8(2)12/h9H,4-6H2,1-3H3. The zero-order valence-corrected chi connectivity index (χ0v) is 8.83. The Hall–Kier alpha value is -1.06. The molecular weight excluding hydrogens is 184 g/mol. The highest BCUT2D eigenvalue weighted by Gasteiger charge is 2.43. The van der Waals surface area contributed by atoms with Crippen LogP contribution in [0, 0.1) is 0 Å². The molecule has 0 aromatic rings. The molecule has 1 saturated carbocycles. The lowest BCUT2D eigenvalue weighted by atomic mass is 10.0. The SMILES string of the molecule is CC(=O)OC1CCCC1(C)OC(C)=O. The van der Waals surface area contributed by atoms with Gasteiger partial charge in [-0.25, -0.2) is 0 Å². The quantitative estimate of drug-likeness (QED) is 0.633. The molecule has 0 aliphatic heterocycles. The summed E-state index contributed by atoms with van der Waals surface area (Å²) in [7, 11) is 0. The molecule has 0 aromatic carbocycles. The fraction of sp³-hybridized carbons (Fsp3) is 0.800. The summed E-state index contributed by atoms with van der Waals surface area (Å²) >= 11 is 0. The molecule has 1 aliphatic rings. The number of hydrogen-bond donors (Lipinski definition) is 0. The Morgan fingerprint density at radius 1 is 1.29 bits per heavy atom. The van der Waals surface area contributed by atoms with Crippen LogP contribution in [0.5, 0.6) is 0 Å². The Morgan fingerprint density at radius 3 is 2.43 bits per heavy atom. The third kappa shape index (κ3) is 2.47. The van der Waals surface area contributed by atoms with Crippen LogP contribution < -0.4 is 0 Å². The Kier molecular flexibility index (Phi) is 3.13. The van der Waals surface area contributed by atoms with Gasteiger partial charge in [-0.15, -0.1) is 0 Å². The van der Waals surface area contributed by atoms with E-state index in [0.717, 1.165) is 19.3 Å². The van der Waals surface area contributed by atoms with Gasteiger partial charge in [-0.05, 0) is 26.2 Å². The van der Waals surface area contributed by atoms with E-state index in [1.807, 2.05) is 6.92 Å². The maximum atomic E-state index is 10.9. The summed E-state index contributed by atoms with van der Waals surface area (Å²) in [6.07, 6.45) is 2.15. The zero-order valence-electron chi connectivity index (χ0n) is 8.83. The van der Waals surface area contributed by atoms with E-state index in [1.165, 1.54) is 13.8 Å². The van der Waals surface area contributed by atoms with Gasteiger partial charge < -0.3 is 9.47 Å². The Labute approximate surface area is 83.6 Å². The van der Waals surface area contributed by atoms with Gasteiger partial charge in [0.15, 0.2) is 0 Å². The molecule has 0 spiro atoms. The van der Waals surface area contributed by atoms with Gasteiger partial charge in [0.25, 0.3) is 0 Å². The highest BCUT2D eigenvalue weighted by Crippen LogP contribution is 2.35. The van der Waals surface area contributed by atoms with Crippen molar-refractivity contribution in [2.24, 2.45) is 0 Å². The van der Waals surface area contributed by atoms with E-state index in [2.05, 4.69) is 0 Å². The van der Waals surface area contributed by atoms with Crippen molar-refractivity contribution in [2.45, 2.75) is 51.7 Å². The number of esters is 2. The molecule has 1 fully saturated rings. The molecule has 0 radical (unpaired) electrons. The highest BCUT2D eigenvalue weighted by atomic mass is 16.6. The molecule has 2 atom stereocenters. The average molecular weight is 200 g/mol. The molecule has 2 unspecified atom stereocenters. The molecular formula is C10H16O4. The minimum atomic E-state index is -0.627. The molecule has 4 nitrogen and oxygen atoms in total. The van der Waals surface area contributed by atoms with E-state index in [-0.39, 0.29) is 18.0 Å². The summed E-state index contributed by atoms with van der Waals surface area (Å²) in [6, 6.07) is 0. The zero-order chi connectivity index (χ0) is 10.8. The Balaban J connectivity index is 2.65. The van der Waals surface area contributed by atoms with Crippen LogP contribution >= 0.6 is 0 Å². The van der Waals surface area contributed by atoms with Crippen LogP contribution in [0.3, 0.4) is 0 Å². The third-order valence-corrected chi connectivity index (χ3v) is 2.51. The summed E-state index contributed by atoms with van der Waals surface area (Å²) in [6.45, 7) is 4.55. The van der Waals surface area contributed by atoms with E-state index in [9.17, 15) is 9.59 Å². The second kappa shape index (κ2) is 3.98. The summed E-state index contributed by atoms with van der Waals surface area (Å²) in [5.74, 6) is -0.651. The van der Waals surface area contributed by atoms with Crippen LogP contribution in [-0.4, -0.2) is 23.6 Å². The largest absolute Gasteiger partial charge is 0.458 e. The predicted molar refractivity (Wildman–Crippen MR) is 49.6 cm³/mol. The minimum Gasteiger partial charge on any atom is -0.458 e. The van der Waals surface area contributed by atoms with Gasteiger partial charge in [-0.3, -0.25) is 9.59 Å². The van der Waals surface area contributed by atoms with E-state index in [0.29, 0.717) is 0 Å². The monoisotopic (exact) mass is 200 g/mol. The van der Waals surface area contributed by atoms with E-state index < -0.39 is 5.60 Å². The van der Waals surface area contributed by atoms with Gasteiger partial charge in [0.1, 0.15) is 11.7 Å². The molecule has 14 heavy (non-hydrogen) atoms. The molecule has 0 amide bonds. The van der Waals surface area contributed by atoms with Crippen molar-refractivity contribution in [3.05, 3.63) is 0 Å². The van der Waals surface area contributed by atoms with Crippen LogP contribution in [0.25, 0.3) is 0 Å². The highest BCUT2D eigenvalue weighted by molar-refractivity contribution is 5.67. The lowest BCUT2D eigenvalue weighted by molar-refractivity contribution is -0.176. The molecule has 1 aliphatic carbocycles. The van der Waals surface area contributed by atoms with Crippen LogP contribution in [0.15, 0.2) is 0 Å². The van der Waals surface area contributed by atoms with E-state index in [1.54, 1.807) is 0 Å². The van der Waals surface area contributed by atoms with Gasteiger partial charge in [0.05, 0.1) is 0 Å². The minimum absolute atomic E-state index is 0.288. The lowest BCUT2D eigenvalue weighted by Crippen LogP contribution is -2.41. The first-order chi connectivity index (χ1) is 6.44. The second-order valence-electron chi connectivity index (χ2n) is 3.90. The van der Waals surface area contributed by atoms with Crippen molar-refractivity contribution >= 4 is 11.9 Å². The smallest absolute Gasteiger partial charge is 0.303 e. The Morgan fingerprint density at radius 2 is 1.93 bits per heavy atom. The summed E-state index contributed by atoms with van der Waals surface area (Å²) in [5.41, 5.74) is -0.627. The van der Waals surface area contributed by atoms with Crippen LogP contribution in [-0.2, 0) is 19.1 Å². The van der Waals surface area contributed by atoms with Gasteiger partial charge >= 0.3 is 11.9 Å². The number of rotatable bonds is 2. The van der Waals surface area contributed by atoms with E-state index in [4.69, 9.17) is 9.47 Å². The van der Waals surface area contributed by atoms with Crippen molar-refractivity contribution in [3.63, 3.8) is 0 Å². The van der Waals surface area contributed by atoms with Crippen LogP contribution in [0.1, 0.15) is 40.0 Å². The first-order valence-electron chi connectivity index (χ1n) is 4.81. The van der Waals surface area contributed by atoms with Crippen molar-refractivity contribution in [1.29, 1.82) is 0 Å². The van der Waals surface area contributed by atoms with Crippen molar-refractivity contribution < 1.29 is 19.1 Å². The summed E-state index contributed by atoms with van der Waals surface area (Å²) in [4.78, 5) is 21.7. The third-order valence-electron chi connectivity index (χ3n) is 2.51.